The van der Waals surface area contributed by atoms with Crippen LogP contribution in [0.25, 0.3) is 0 Å². The Bertz CT molecular complexity index is 172. The van der Waals surface area contributed by atoms with Crippen LogP contribution < -0.4 is 5.32 Å². The van der Waals surface area contributed by atoms with E-state index < -0.39 is 0 Å². The second-order valence-electron chi connectivity index (χ2n) is 4.61. The molecule has 1 fully saturated rings. The number of hydrogen-bond acceptors (Lipinski definition) is 4. The Morgan fingerprint density at radius 3 is 2.75 bits per heavy atom. The van der Waals surface area contributed by atoms with Crippen LogP contribution in [-0.4, -0.2) is 50.7 Å². The smallest absolute Gasteiger partial charge is 0.0694 e. The molecular formula is C12H25NO3. The van der Waals surface area contributed by atoms with Gasteiger partial charge in [0.2, 0.25) is 0 Å². The molecule has 1 aliphatic heterocycles. The molecule has 0 radical (unpaired) electrons. The fraction of sp³-hybridized carbons (Fsp3) is 1.00. The highest BCUT2D eigenvalue weighted by Crippen LogP contribution is 2.18. The van der Waals surface area contributed by atoms with Crippen LogP contribution >= 0.6 is 0 Å². The first kappa shape index (κ1) is 13.9. The highest BCUT2D eigenvalue weighted by molar-refractivity contribution is 4.75. The van der Waals surface area contributed by atoms with Crippen molar-refractivity contribution in [3.8, 4) is 0 Å². The van der Waals surface area contributed by atoms with Crippen molar-refractivity contribution < 1.29 is 14.6 Å². The topological polar surface area (TPSA) is 50.7 Å². The minimum atomic E-state index is -0.242. The van der Waals surface area contributed by atoms with Crippen molar-refractivity contribution in [1.29, 1.82) is 0 Å². The van der Waals surface area contributed by atoms with Crippen molar-refractivity contribution in [2.75, 3.05) is 33.5 Å². The summed E-state index contributed by atoms with van der Waals surface area (Å²) in [5.74, 6) is 0.399. The lowest BCUT2D eigenvalue weighted by Crippen LogP contribution is -2.39. The Kier molecular flexibility index (Phi) is 6.96. The number of aliphatic hydroxyl groups is 1. The van der Waals surface area contributed by atoms with E-state index in [-0.39, 0.29) is 6.10 Å². The minimum Gasteiger partial charge on any atom is -0.392 e. The second-order valence-corrected chi connectivity index (χ2v) is 4.61. The Morgan fingerprint density at radius 1 is 1.44 bits per heavy atom. The predicted molar refractivity (Wildman–Crippen MR) is 63.5 cm³/mol. The zero-order valence-electron chi connectivity index (χ0n) is 10.4. The monoisotopic (exact) mass is 231 g/mol. The normalized spacial score (nSPS) is 21.9. The summed E-state index contributed by atoms with van der Waals surface area (Å²) in [6.45, 7) is 5.15. The van der Waals surface area contributed by atoms with E-state index in [1.165, 1.54) is 0 Å². The Hall–Kier alpha value is -0.160. The summed E-state index contributed by atoms with van der Waals surface area (Å²) < 4.78 is 10.3. The standard InChI is InChI=1S/C12H25NO3/c1-10(3-6-15-2)13-9-12(14)11-4-7-16-8-5-11/h10-14H,3-9H2,1-2H3. The first-order valence-electron chi connectivity index (χ1n) is 6.22. The van der Waals surface area contributed by atoms with Crippen molar-refractivity contribution in [2.24, 2.45) is 5.92 Å². The fourth-order valence-electron chi connectivity index (χ4n) is 1.99. The van der Waals surface area contributed by atoms with Crippen LogP contribution in [0.3, 0.4) is 0 Å². The Morgan fingerprint density at radius 2 is 2.12 bits per heavy atom. The van der Waals surface area contributed by atoms with Crippen molar-refractivity contribution in [1.82, 2.24) is 5.32 Å². The summed E-state index contributed by atoms with van der Waals surface area (Å²) in [5.41, 5.74) is 0. The van der Waals surface area contributed by atoms with Gasteiger partial charge in [0.1, 0.15) is 0 Å². The molecule has 1 rings (SSSR count). The molecule has 16 heavy (non-hydrogen) atoms. The van der Waals surface area contributed by atoms with Crippen molar-refractivity contribution >= 4 is 0 Å². The van der Waals surface area contributed by atoms with Gasteiger partial charge in [-0.2, -0.15) is 0 Å². The van der Waals surface area contributed by atoms with Gasteiger partial charge in [0.05, 0.1) is 6.10 Å². The molecule has 0 aromatic rings. The van der Waals surface area contributed by atoms with E-state index in [4.69, 9.17) is 9.47 Å². The fourth-order valence-corrected chi connectivity index (χ4v) is 1.99. The maximum atomic E-state index is 10.00. The summed E-state index contributed by atoms with van der Waals surface area (Å²) in [5, 5.41) is 13.3. The van der Waals surface area contributed by atoms with Gasteiger partial charge in [-0.05, 0) is 32.1 Å². The van der Waals surface area contributed by atoms with E-state index in [0.29, 0.717) is 18.5 Å². The molecule has 2 atom stereocenters. The molecule has 0 aromatic carbocycles. The molecule has 1 saturated heterocycles. The van der Waals surface area contributed by atoms with Gasteiger partial charge in [-0.1, -0.05) is 0 Å². The molecule has 4 heteroatoms. The number of methoxy groups -OCH3 is 1. The van der Waals surface area contributed by atoms with Crippen LogP contribution in [-0.2, 0) is 9.47 Å². The molecule has 4 nitrogen and oxygen atoms in total. The molecular weight excluding hydrogens is 206 g/mol. The first-order valence-corrected chi connectivity index (χ1v) is 6.22. The van der Waals surface area contributed by atoms with E-state index in [2.05, 4.69) is 12.2 Å². The molecule has 0 aromatic heterocycles. The second kappa shape index (κ2) is 8.01. The Balaban J connectivity index is 2.10. The summed E-state index contributed by atoms with van der Waals surface area (Å²) >= 11 is 0. The van der Waals surface area contributed by atoms with Gasteiger partial charge in [0.25, 0.3) is 0 Å². The van der Waals surface area contributed by atoms with Crippen LogP contribution in [0.2, 0.25) is 0 Å². The molecule has 0 spiro atoms. The molecule has 2 unspecified atom stereocenters. The summed E-state index contributed by atoms with van der Waals surface area (Å²) in [4.78, 5) is 0. The zero-order chi connectivity index (χ0) is 11.8. The van der Waals surface area contributed by atoms with E-state index in [1.807, 2.05) is 0 Å². The van der Waals surface area contributed by atoms with Gasteiger partial charge < -0.3 is 19.9 Å². The lowest BCUT2D eigenvalue weighted by atomic mass is 9.94. The lowest BCUT2D eigenvalue weighted by Gasteiger charge is -2.27. The molecule has 2 N–H and O–H groups in total. The summed E-state index contributed by atoms with van der Waals surface area (Å²) in [6.07, 6.45) is 2.70. The average Bonchev–Trinajstić information content (AvgIpc) is 2.34. The van der Waals surface area contributed by atoms with Crippen molar-refractivity contribution in [3.63, 3.8) is 0 Å². The van der Waals surface area contributed by atoms with E-state index in [1.54, 1.807) is 7.11 Å². The predicted octanol–water partition coefficient (Wildman–Crippen LogP) is 0.788. The van der Waals surface area contributed by atoms with E-state index >= 15 is 0 Å². The number of ether oxygens (including phenoxy) is 2. The number of nitrogens with one attached hydrogen (secondary N) is 1. The van der Waals surface area contributed by atoms with Gasteiger partial charge in [0, 0.05) is 39.5 Å². The third kappa shape index (κ3) is 5.25. The zero-order valence-corrected chi connectivity index (χ0v) is 10.4. The minimum absolute atomic E-state index is 0.242. The van der Waals surface area contributed by atoms with Crippen molar-refractivity contribution in [2.45, 2.75) is 38.3 Å². The van der Waals surface area contributed by atoms with Crippen LogP contribution in [0, 0.1) is 5.92 Å². The quantitative estimate of drug-likeness (QED) is 0.680. The third-order valence-corrected chi connectivity index (χ3v) is 3.24. The molecule has 0 aliphatic carbocycles. The largest absolute Gasteiger partial charge is 0.392 e. The SMILES string of the molecule is COCCC(C)NCC(O)C1CCOCC1. The summed E-state index contributed by atoms with van der Waals surface area (Å²) in [6, 6.07) is 0.398. The lowest BCUT2D eigenvalue weighted by molar-refractivity contribution is 0.00750. The van der Waals surface area contributed by atoms with Crippen LogP contribution in [0.4, 0.5) is 0 Å². The van der Waals surface area contributed by atoms with Crippen LogP contribution in [0.1, 0.15) is 26.2 Å². The van der Waals surface area contributed by atoms with Gasteiger partial charge in [-0.3, -0.25) is 0 Å². The number of aliphatic hydroxyl groups excluding tert-OH is 1. The molecule has 0 saturated carbocycles. The van der Waals surface area contributed by atoms with Gasteiger partial charge in [-0.15, -0.1) is 0 Å². The number of hydrogen-bond donors (Lipinski definition) is 2. The molecule has 0 amide bonds. The van der Waals surface area contributed by atoms with E-state index in [9.17, 15) is 5.11 Å². The van der Waals surface area contributed by atoms with Crippen LogP contribution in [0.5, 0.6) is 0 Å². The molecule has 1 aliphatic rings. The van der Waals surface area contributed by atoms with E-state index in [0.717, 1.165) is 39.1 Å². The van der Waals surface area contributed by atoms with Gasteiger partial charge >= 0.3 is 0 Å². The highest BCUT2D eigenvalue weighted by atomic mass is 16.5. The Labute approximate surface area is 98.3 Å². The van der Waals surface area contributed by atoms with Gasteiger partial charge in [0.15, 0.2) is 0 Å². The highest BCUT2D eigenvalue weighted by Gasteiger charge is 2.22. The third-order valence-electron chi connectivity index (χ3n) is 3.24. The number of rotatable bonds is 7. The summed E-state index contributed by atoms with van der Waals surface area (Å²) in [7, 11) is 1.71. The van der Waals surface area contributed by atoms with Gasteiger partial charge in [-0.25, -0.2) is 0 Å². The molecule has 96 valence electrons. The van der Waals surface area contributed by atoms with Crippen molar-refractivity contribution in [3.05, 3.63) is 0 Å². The first-order chi connectivity index (χ1) is 7.74. The molecule has 0 bridgehead atoms. The van der Waals surface area contributed by atoms with Crippen LogP contribution in [0.15, 0.2) is 0 Å². The maximum Gasteiger partial charge on any atom is 0.0694 e. The maximum absolute atomic E-state index is 10.00. The molecule has 1 heterocycles. The average molecular weight is 231 g/mol.